The van der Waals surface area contributed by atoms with E-state index in [4.69, 9.17) is 4.74 Å². The number of carbonyl (C=O) groups is 1. The van der Waals surface area contributed by atoms with E-state index in [0.717, 1.165) is 23.7 Å². The lowest BCUT2D eigenvalue weighted by molar-refractivity contribution is -0.119. The molecule has 86 valence electrons. The molecule has 1 atom stereocenters. The Kier molecular flexibility index (Phi) is 2.73. The normalized spacial score (nSPS) is 19.8. The summed E-state index contributed by atoms with van der Waals surface area (Å²) < 4.78 is 5.15. The molecule has 1 unspecified atom stereocenters. The Morgan fingerprint density at radius 3 is 2.94 bits per heavy atom. The van der Waals surface area contributed by atoms with Gasteiger partial charge in [0.15, 0.2) is 0 Å². The molecular formula is C12H16N2O2. The first-order valence-electron chi connectivity index (χ1n) is 5.32. The summed E-state index contributed by atoms with van der Waals surface area (Å²) in [5, 5.41) is 2.92. The largest absolute Gasteiger partial charge is 0.497 e. The van der Waals surface area contributed by atoms with Crippen LogP contribution in [0, 0.1) is 5.92 Å². The van der Waals surface area contributed by atoms with E-state index >= 15 is 0 Å². The van der Waals surface area contributed by atoms with Crippen LogP contribution in [0.1, 0.15) is 6.92 Å². The molecular weight excluding hydrogens is 204 g/mol. The van der Waals surface area contributed by atoms with Crippen LogP contribution in [0.2, 0.25) is 0 Å². The first-order valence-corrected chi connectivity index (χ1v) is 5.32. The number of carbonyl (C=O) groups excluding carboxylic acids is 1. The van der Waals surface area contributed by atoms with E-state index in [2.05, 4.69) is 10.2 Å². The minimum absolute atomic E-state index is 0.0107. The Balaban J connectivity index is 2.43. The van der Waals surface area contributed by atoms with Gasteiger partial charge in [0.05, 0.1) is 24.4 Å². The first kappa shape index (κ1) is 10.8. The summed E-state index contributed by atoms with van der Waals surface area (Å²) in [6, 6.07) is 5.71. The summed E-state index contributed by atoms with van der Waals surface area (Å²) in [5.74, 6) is 0.796. The molecule has 1 heterocycles. The Morgan fingerprint density at radius 2 is 2.25 bits per heavy atom. The molecule has 4 nitrogen and oxygen atoms in total. The number of benzene rings is 1. The highest BCUT2D eigenvalue weighted by Gasteiger charge is 2.22. The molecule has 1 aromatic carbocycles. The van der Waals surface area contributed by atoms with Crippen molar-refractivity contribution in [2.75, 3.05) is 30.9 Å². The van der Waals surface area contributed by atoms with Crippen molar-refractivity contribution in [1.82, 2.24) is 0 Å². The molecule has 0 fully saturated rings. The van der Waals surface area contributed by atoms with Gasteiger partial charge in [-0.3, -0.25) is 4.79 Å². The van der Waals surface area contributed by atoms with Crippen LogP contribution in [0.25, 0.3) is 0 Å². The standard InChI is InChI=1S/C12H16N2O2/c1-8-7-14(2)11-5-4-9(16-3)6-10(11)13-12(8)15/h4-6,8H,7H2,1-3H3,(H,13,15). The van der Waals surface area contributed by atoms with Crippen LogP contribution >= 0.6 is 0 Å². The second-order valence-electron chi connectivity index (χ2n) is 4.15. The van der Waals surface area contributed by atoms with Crippen molar-refractivity contribution < 1.29 is 9.53 Å². The van der Waals surface area contributed by atoms with Crippen LogP contribution in [0.15, 0.2) is 18.2 Å². The Labute approximate surface area is 95.2 Å². The third kappa shape index (κ3) is 1.83. The quantitative estimate of drug-likeness (QED) is 0.783. The second kappa shape index (κ2) is 4.04. The SMILES string of the molecule is COc1ccc2c(c1)NC(=O)C(C)CN2C. The van der Waals surface area contributed by atoms with Crippen LogP contribution in [0.4, 0.5) is 11.4 Å². The smallest absolute Gasteiger partial charge is 0.229 e. The zero-order chi connectivity index (χ0) is 11.7. The molecule has 1 aromatic rings. The number of hydrogen-bond acceptors (Lipinski definition) is 3. The predicted octanol–water partition coefficient (Wildman–Crippen LogP) is 1.72. The van der Waals surface area contributed by atoms with Crippen LogP contribution in [0.5, 0.6) is 5.75 Å². The zero-order valence-corrected chi connectivity index (χ0v) is 9.78. The molecule has 1 amide bonds. The van der Waals surface area contributed by atoms with E-state index in [1.807, 2.05) is 32.2 Å². The summed E-state index contributed by atoms with van der Waals surface area (Å²) in [5.41, 5.74) is 1.84. The summed E-state index contributed by atoms with van der Waals surface area (Å²) in [6.07, 6.45) is 0. The fourth-order valence-electron chi connectivity index (χ4n) is 1.92. The van der Waals surface area contributed by atoms with Crippen LogP contribution in [0.3, 0.4) is 0 Å². The molecule has 1 aliphatic rings. The number of hydrogen-bond donors (Lipinski definition) is 1. The van der Waals surface area contributed by atoms with Gasteiger partial charge in [0.1, 0.15) is 5.75 Å². The Bertz CT molecular complexity index is 417. The molecule has 0 saturated heterocycles. The van der Waals surface area contributed by atoms with Gasteiger partial charge in [-0.1, -0.05) is 6.92 Å². The van der Waals surface area contributed by atoms with Gasteiger partial charge in [-0.05, 0) is 12.1 Å². The third-order valence-electron chi connectivity index (χ3n) is 2.87. The van der Waals surface area contributed by atoms with E-state index in [1.54, 1.807) is 7.11 Å². The Morgan fingerprint density at radius 1 is 1.50 bits per heavy atom. The number of nitrogens with one attached hydrogen (secondary N) is 1. The molecule has 0 aliphatic carbocycles. The van der Waals surface area contributed by atoms with Crippen LogP contribution in [-0.4, -0.2) is 26.6 Å². The van der Waals surface area contributed by atoms with Gasteiger partial charge in [-0.25, -0.2) is 0 Å². The average Bonchev–Trinajstić information content (AvgIpc) is 2.37. The topological polar surface area (TPSA) is 41.6 Å². The number of amides is 1. The van der Waals surface area contributed by atoms with Crippen LogP contribution < -0.4 is 15.0 Å². The van der Waals surface area contributed by atoms with Gasteiger partial charge >= 0.3 is 0 Å². The van der Waals surface area contributed by atoms with Gasteiger partial charge in [0, 0.05) is 19.7 Å². The maximum atomic E-state index is 11.7. The van der Waals surface area contributed by atoms with Crippen molar-refractivity contribution in [3.8, 4) is 5.75 Å². The highest BCUT2D eigenvalue weighted by atomic mass is 16.5. The summed E-state index contributed by atoms with van der Waals surface area (Å²) in [6.45, 7) is 2.65. The fraction of sp³-hybridized carbons (Fsp3) is 0.417. The van der Waals surface area contributed by atoms with E-state index < -0.39 is 0 Å². The van der Waals surface area contributed by atoms with E-state index in [0.29, 0.717) is 0 Å². The van der Waals surface area contributed by atoms with E-state index in [1.165, 1.54) is 0 Å². The molecule has 1 aliphatic heterocycles. The lowest BCUT2D eigenvalue weighted by atomic mass is 10.1. The third-order valence-corrected chi connectivity index (χ3v) is 2.87. The van der Waals surface area contributed by atoms with Crippen molar-refractivity contribution in [3.63, 3.8) is 0 Å². The Hall–Kier alpha value is -1.71. The minimum Gasteiger partial charge on any atom is -0.497 e. The molecule has 0 saturated carbocycles. The second-order valence-corrected chi connectivity index (χ2v) is 4.15. The lowest BCUT2D eigenvalue weighted by Gasteiger charge is -2.20. The van der Waals surface area contributed by atoms with Gasteiger partial charge in [0.25, 0.3) is 0 Å². The molecule has 0 spiro atoms. The van der Waals surface area contributed by atoms with Crippen molar-refractivity contribution in [2.45, 2.75) is 6.92 Å². The van der Waals surface area contributed by atoms with Crippen molar-refractivity contribution in [3.05, 3.63) is 18.2 Å². The molecule has 0 aromatic heterocycles. The number of ether oxygens (including phenoxy) is 1. The highest BCUT2D eigenvalue weighted by Crippen LogP contribution is 2.32. The molecule has 1 N–H and O–H groups in total. The average molecular weight is 220 g/mol. The van der Waals surface area contributed by atoms with Crippen molar-refractivity contribution in [1.29, 1.82) is 0 Å². The number of methoxy groups -OCH3 is 1. The van der Waals surface area contributed by atoms with E-state index in [9.17, 15) is 4.79 Å². The predicted molar refractivity (Wildman–Crippen MR) is 64.1 cm³/mol. The number of fused-ring (bicyclic) bond motifs is 1. The maximum absolute atomic E-state index is 11.7. The summed E-state index contributed by atoms with van der Waals surface area (Å²) in [4.78, 5) is 13.8. The number of anilines is 2. The van der Waals surface area contributed by atoms with Crippen molar-refractivity contribution >= 4 is 17.3 Å². The number of rotatable bonds is 1. The lowest BCUT2D eigenvalue weighted by Crippen LogP contribution is -2.27. The van der Waals surface area contributed by atoms with Gasteiger partial charge in [-0.15, -0.1) is 0 Å². The highest BCUT2D eigenvalue weighted by molar-refractivity contribution is 5.97. The molecule has 16 heavy (non-hydrogen) atoms. The van der Waals surface area contributed by atoms with Gasteiger partial charge in [-0.2, -0.15) is 0 Å². The summed E-state index contributed by atoms with van der Waals surface area (Å²) >= 11 is 0. The fourth-order valence-corrected chi connectivity index (χ4v) is 1.92. The first-order chi connectivity index (χ1) is 7.61. The molecule has 0 radical (unpaired) electrons. The van der Waals surface area contributed by atoms with E-state index in [-0.39, 0.29) is 11.8 Å². The maximum Gasteiger partial charge on any atom is 0.229 e. The monoisotopic (exact) mass is 220 g/mol. The molecule has 4 heteroatoms. The van der Waals surface area contributed by atoms with Crippen LogP contribution in [-0.2, 0) is 4.79 Å². The minimum atomic E-state index is -0.0107. The van der Waals surface area contributed by atoms with Gasteiger partial charge < -0.3 is 15.0 Å². The van der Waals surface area contributed by atoms with Gasteiger partial charge in [0.2, 0.25) is 5.91 Å². The molecule has 2 rings (SSSR count). The molecule has 0 bridgehead atoms. The zero-order valence-electron chi connectivity index (χ0n) is 9.78. The number of nitrogens with zero attached hydrogens (tertiary/aromatic N) is 1. The van der Waals surface area contributed by atoms with Crippen molar-refractivity contribution in [2.24, 2.45) is 5.92 Å². The summed E-state index contributed by atoms with van der Waals surface area (Å²) in [7, 11) is 3.61.